The monoisotopic (exact) mass is 285 g/mol. The van der Waals surface area contributed by atoms with Crippen molar-refractivity contribution in [3.63, 3.8) is 0 Å². The number of carbonyl (C=O) groups is 2. The van der Waals surface area contributed by atoms with E-state index in [1.165, 1.54) is 44.4 Å². The zero-order valence-corrected chi connectivity index (χ0v) is 11.2. The van der Waals surface area contributed by atoms with Crippen molar-refractivity contribution in [2.24, 2.45) is 0 Å². The van der Waals surface area contributed by atoms with Gasteiger partial charge in [0.05, 0.1) is 12.1 Å². The van der Waals surface area contributed by atoms with Crippen LogP contribution in [0.5, 0.6) is 0 Å². The summed E-state index contributed by atoms with van der Waals surface area (Å²) < 4.78 is 17.4. The second-order valence-electron chi connectivity index (χ2n) is 3.76. The zero-order chi connectivity index (χ0) is 14.4. The van der Waals surface area contributed by atoms with Gasteiger partial charge in [-0.1, -0.05) is 17.7 Å². The lowest BCUT2D eigenvalue weighted by Gasteiger charge is -2.09. The van der Waals surface area contributed by atoms with Crippen molar-refractivity contribution in [2.75, 3.05) is 7.11 Å². The van der Waals surface area contributed by atoms with Gasteiger partial charge in [-0.25, -0.2) is 9.18 Å². The first-order valence-corrected chi connectivity index (χ1v) is 5.83. The summed E-state index contributed by atoms with van der Waals surface area (Å²) in [7, 11) is 1.24. The van der Waals surface area contributed by atoms with Crippen molar-refractivity contribution in [1.82, 2.24) is 5.32 Å². The number of hydrogen-bond acceptors (Lipinski definition) is 3. The predicted molar refractivity (Wildman–Crippen MR) is 70.1 cm³/mol. The topological polar surface area (TPSA) is 55.4 Å². The second-order valence-corrected chi connectivity index (χ2v) is 4.17. The van der Waals surface area contributed by atoms with Crippen molar-refractivity contribution in [2.45, 2.75) is 13.0 Å². The van der Waals surface area contributed by atoms with E-state index in [1.807, 2.05) is 0 Å². The van der Waals surface area contributed by atoms with Gasteiger partial charge in [0.1, 0.15) is 11.9 Å². The van der Waals surface area contributed by atoms with Crippen molar-refractivity contribution in [1.29, 1.82) is 0 Å². The molecular formula is C13H13ClFNO3. The highest BCUT2D eigenvalue weighted by Crippen LogP contribution is 2.16. The highest BCUT2D eigenvalue weighted by atomic mass is 35.5. The molecule has 1 aromatic rings. The van der Waals surface area contributed by atoms with Crippen LogP contribution < -0.4 is 5.32 Å². The minimum Gasteiger partial charge on any atom is -0.467 e. The molecular weight excluding hydrogens is 273 g/mol. The summed E-state index contributed by atoms with van der Waals surface area (Å²) in [5.74, 6) is -1.52. The summed E-state index contributed by atoms with van der Waals surface area (Å²) in [6.45, 7) is 1.51. The van der Waals surface area contributed by atoms with E-state index in [0.29, 0.717) is 5.56 Å². The van der Waals surface area contributed by atoms with Crippen molar-refractivity contribution < 1.29 is 18.7 Å². The number of carbonyl (C=O) groups excluding carboxylic acids is 2. The molecule has 0 aromatic heterocycles. The minimum atomic E-state index is -0.737. The molecule has 1 amide bonds. The average molecular weight is 286 g/mol. The van der Waals surface area contributed by atoms with Crippen LogP contribution in [0.4, 0.5) is 4.39 Å². The van der Waals surface area contributed by atoms with Crippen molar-refractivity contribution in [3.8, 4) is 0 Å². The summed E-state index contributed by atoms with van der Waals surface area (Å²) in [6, 6.07) is 3.34. The third-order valence-corrected chi connectivity index (χ3v) is 2.57. The number of rotatable bonds is 4. The first kappa shape index (κ1) is 15.2. The molecule has 0 fully saturated rings. The third kappa shape index (κ3) is 4.71. The van der Waals surface area contributed by atoms with Gasteiger partial charge in [-0.15, -0.1) is 0 Å². The highest BCUT2D eigenvalue weighted by Gasteiger charge is 2.13. The molecule has 19 heavy (non-hydrogen) atoms. The summed E-state index contributed by atoms with van der Waals surface area (Å²) in [5.41, 5.74) is 0.576. The highest BCUT2D eigenvalue weighted by molar-refractivity contribution is 6.30. The number of hydrogen-bond donors (Lipinski definition) is 1. The molecule has 0 aliphatic heterocycles. The number of esters is 1. The number of ether oxygens (including phenoxy) is 1. The molecule has 1 atom stereocenters. The van der Waals surface area contributed by atoms with Gasteiger partial charge >= 0.3 is 5.97 Å². The van der Waals surface area contributed by atoms with Gasteiger partial charge in [0.2, 0.25) is 5.91 Å². The van der Waals surface area contributed by atoms with Gasteiger partial charge in [0.25, 0.3) is 0 Å². The summed E-state index contributed by atoms with van der Waals surface area (Å²) in [6.07, 6.45) is 2.69. The standard InChI is InChI=1S/C13H13ClFNO3/c1-8(13(18)19-2)16-12(17)6-4-9-3-5-11(15)10(14)7-9/h3-8H,1-2H3,(H,16,17). The molecule has 6 heteroatoms. The zero-order valence-electron chi connectivity index (χ0n) is 10.4. The molecule has 0 heterocycles. The molecule has 0 radical (unpaired) electrons. The van der Waals surface area contributed by atoms with E-state index >= 15 is 0 Å². The van der Waals surface area contributed by atoms with E-state index in [1.54, 1.807) is 0 Å². The summed E-state index contributed by atoms with van der Waals surface area (Å²) >= 11 is 5.60. The molecule has 1 N–H and O–H groups in total. The van der Waals surface area contributed by atoms with E-state index < -0.39 is 23.7 Å². The van der Waals surface area contributed by atoms with Crippen LogP contribution in [0.2, 0.25) is 5.02 Å². The molecule has 1 rings (SSSR count). The van der Waals surface area contributed by atoms with Crippen LogP contribution in [0.15, 0.2) is 24.3 Å². The molecule has 1 aromatic carbocycles. The molecule has 102 valence electrons. The van der Waals surface area contributed by atoms with E-state index in [2.05, 4.69) is 10.1 Å². The van der Waals surface area contributed by atoms with Crippen LogP contribution in [0.3, 0.4) is 0 Å². The van der Waals surface area contributed by atoms with Crippen LogP contribution in [0.1, 0.15) is 12.5 Å². The Morgan fingerprint density at radius 3 is 2.74 bits per heavy atom. The Morgan fingerprint density at radius 2 is 2.16 bits per heavy atom. The molecule has 0 aliphatic carbocycles. The van der Waals surface area contributed by atoms with E-state index in [4.69, 9.17) is 11.6 Å². The van der Waals surface area contributed by atoms with Gasteiger partial charge in [-0.2, -0.15) is 0 Å². The van der Waals surface area contributed by atoms with E-state index in [-0.39, 0.29) is 5.02 Å². The van der Waals surface area contributed by atoms with E-state index in [0.717, 1.165) is 0 Å². The molecule has 0 bridgehead atoms. The second kappa shape index (κ2) is 6.89. The average Bonchev–Trinajstić information content (AvgIpc) is 2.39. The van der Waals surface area contributed by atoms with Gasteiger partial charge < -0.3 is 10.1 Å². The van der Waals surface area contributed by atoms with Crippen LogP contribution in [-0.4, -0.2) is 25.0 Å². The van der Waals surface area contributed by atoms with Gasteiger partial charge in [-0.05, 0) is 30.7 Å². The summed E-state index contributed by atoms with van der Waals surface area (Å²) in [5, 5.41) is 2.40. The van der Waals surface area contributed by atoms with Crippen LogP contribution in [-0.2, 0) is 14.3 Å². The first-order valence-electron chi connectivity index (χ1n) is 5.45. The van der Waals surface area contributed by atoms with E-state index in [9.17, 15) is 14.0 Å². The number of halogens is 2. The molecule has 0 saturated heterocycles. The molecule has 0 saturated carbocycles. The maximum absolute atomic E-state index is 12.9. The van der Waals surface area contributed by atoms with Crippen molar-refractivity contribution >= 4 is 29.6 Å². The number of benzene rings is 1. The Balaban J connectivity index is 2.63. The van der Waals surface area contributed by atoms with Crippen LogP contribution >= 0.6 is 11.6 Å². The number of methoxy groups -OCH3 is 1. The first-order chi connectivity index (χ1) is 8.93. The van der Waals surface area contributed by atoms with Gasteiger partial charge in [0, 0.05) is 6.08 Å². The molecule has 4 nitrogen and oxygen atoms in total. The lowest BCUT2D eigenvalue weighted by Crippen LogP contribution is -2.38. The molecule has 0 aliphatic rings. The molecule has 0 spiro atoms. The molecule has 1 unspecified atom stereocenters. The fraction of sp³-hybridized carbons (Fsp3) is 0.231. The van der Waals surface area contributed by atoms with Gasteiger partial charge in [0.15, 0.2) is 0 Å². The Kier molecular flexibility index (Phi) is 5.51. The Bertz CT molecular complexity index is 517. The third-order valence-electron chi connectivity index (χ3n) is 2.28. The van der Waals surface area contributed by atoms with Crippen molar-refractivity contribution in [3.05, 3.63) is 40.7 Å². The fourth-order valence-corrected chi connectivity index (χ4v) is 1.47. The Morgan fingerprint density at radius 1 is 1.47 bits per heavy atom. The number of nitrogens with one attached hydrogen (secondary N) is 1. The SMILES string of the molecule is COC(=O)C(C)NC(=O)C=Cc1ccc(F)c(Cl)c1. The minimum absolute atomic E-state index is 0.0227. The largest absolute Gasteiger partial charge is 0.467 e. The Hall–Kier alpha value is -1.88. The maximum Gasteiger partial charge on any atom is 0.328 e. The maximum atomic E-state index is 12.9. The fourth-order valence-electron chi connectivity index (χ4n) is 1.29. The predicted octanol–water partition coefficient (Wildman–Crippen LogP) is 2.17. The Labute approximate surface area is 115 Å². The lowest BCUT2D eigenvalue weighted by molar-refractivity contribution is -0.144. The lowest BCUT2D eigenvalue weighted by atomic mass is 10.2. The van der Waals surface area contributed by atoms with Gasteiger partial charge in [-0.3, -0.25) is 4.79 Å². The number of amides is 1. The summed E-state index contributed by atoms with van der Waals surface area (Å²) in [4.78, 5) is 22.6. The normalized spacial score (nSPS) is 12.2. The van der Waals surface area contributed by atoms with Crippen LogP contribution in [0.25, 0.3) is 6.08 Å². The smallest absolute Gasteiger partial charge is 0.328 e. The quantitative estimate of drug-likeness (QED) is 0.681. The van der Waals surface area contributed by atoms with Crippen LogP contribution in [0, 0.1) is 5.82 Å².